The SMILES string of the molecule is CC(=O)N(C(C)C(C)(C)ON=S)C(C)(C)C. The Balaban J connectivity index is 5.10. The molecule has 0 bridgehead atoms. The van der Waals surface area contributed by atoms with Crippen molar-refractivity contribution in [2.24, 2.45) is 4.53 Å². The number of amides is 1. The lowest BCUT2D eigenvalue weighted by Gasteiger charge is -2.44. The molecule has 0 aromatic heterocycles. The van der Waals surface area contributed by atoms with E-state index in [1.54, 1.807) is 11.8 Å². The fourth-order valence-electron chi connectivity index (χ4n) is 1.81. The van der Waals surface area contributed by atoms with Crippen molar-refractivity contribution in [2.75, 3.05) is 0 Å². The number of hydrogen-bond donors (Lipinski definition) is 0. The second kappa shape index (κ2) is 5.08. The van der Waals surface area contributed by atoms with Crippen molar-refractivity contribution in [3.63, 3.8) is 0 Å². The van der Waals surface area contributed by atoms with E-state index in [9.17, 15) is 4.79 Å². The van der Waals surface area contributed by atoms with E-state index in [2.05, 4.69) is 17.0 Å². The van der Waals surface area contributed by atoms with Gasteiger partial charge in [0.1, 0.15) is 0 Å². The topological polar surface area (TPSA) is 41.9 Å². The minimum Gasteiger partial charge on any atom is -0.378 e. The maximum atomic E-state index is 11.7. The lowest BCUT2D eigenvalue weighted by Crippen LogP contribution is -2.57. The Morgan fingerprint density at radius 3 is 2.00 bits per heavy atom. The smallest absolute Gasteiger partial charge is 0.220 e. The first-order valence-electron chi connectivity index (χ1n) is 5.34. The Morgan fingerprint density at radius 2 is 1.75 bits per heavy atom. The molecule has 1 amide bonds. The third-order valence-corrected chi connectivity index (χ3v) is 2.80. The molecule has 0 aromatic rings. The molecule has 0 saturated carbocycles. The molecule has 0 aromatic carbocycles. The van der Waals surface area contributed by atoms with Gasteiger partial charge >= 0.3 is 0 Å². The first kappa shape index (κ1) is 15.3. The van der Waals surface area contributed by atoms with E-state index in [1.165, 1.54) is 0 Å². The van der Waals surface area contributed by atoms with Gasteiger partial charge in [0.15, 0.2) is 5.60 Å². The fraction of sp³-hybridized carbons (Fsp3) is 0.909. The number of nitrogens with zero attached hydrogens (tertiary/aromatic N) is 2. The number of rotatable bonds is 4. The zero-order valence-electron chi connectivity index (χ0n) is 11.2. The Hall–Kier alpha value is -0.710. The Bertz CT molecular complexity index is 272. The zero-order chi connectivity index (χ0) is 13.1. The van der Waals surface area contributed by atoms with E-state index >= 15 is 0 Å². The van der Waals surface area contributed by atoms with Crippen molar-refractivity contribution in [1.82, 2.24) is 4.90 Å². The van der Waals surface area contributed by atoms with Gasteiger partial charge in [-0.2, -0.15) is 0 Å². The molecule has 0 spiro atoms. The van der Waals surface area contributed by atoms with Crippen LogP contribution in [0.25, 0.3) is 0 Å². The van der Waals surface area contributed by atoms with Gasteiger partial charge in [0.25, 0.3) is 0 Å². The third-order valence-electron chi connectivity index (χ3n) is 2.73. The average Bonchev–Trinajstić information content (AvgIpc) is 1.99. The highest BCUT2D eigenvalue weighted by molar-refractivity contribution is 7.47. The van der Waals surface area contributed by atoms with Crippen LogP contribution in [0.1, 0.15) is 48.5 Å². The molecule has 94 valence electrons. The number of carbonyl (C=O) groups is 1. The van der Waals surface area contributed by atoms with Crippen molar-refractivity contribution in [1.29, 1.82) is 0 Å². The second-order valence-electron chi connectivity index (χ2n) is 5.51. The van der Waals surface area contributed by atoms with Crippen molar-refractivity contribution >= 4 is 18.3 Å². The molecule has 0 heterocycles. The quantitative estimate of drug-likeness (QED) is 0.716. The van der Waals surface area contributed by atoms with Crippen LogP contribution >= 0.6 is 0 Å². The van der Waals surface area contributed by atoms with Crippen LogP contribution in [0, 0.1) is 0 Å². The molecule has 0 aliphatic carbocycles. The Morgan fingerprint density at radius 1 is 1.31 bits per heavy atom. The normalized spacial score (nSPS) is 14.2. The van der Waals surface area contributed by atoms with Crippen LogP contribution in [0.4, 0.5) is 0 Å². The van der Waals surface area contributed by atoms with Crippen LogP contribution in [0.2, 0.25) is 0 Å². The molecule has 0 radical (unpaired) electrons. The summed E-state index contributed by atoms with van der Waals surface area (Å²) in [5.41, 5.74) is -0.853. The largest absolute Gasteiger partial charge is 0.378 e. The van der Waals surface area contributed by atoms with E-state index in [0.717, 1.165) is 0 Å². The summed E-state index contributed by atoms with van der Waals surface area (Å²) in [6, 6.07) is -0.114. The van der Waals surface area contributed by atoms with Gasteiger partial charge in [-0.3, -0.25) is 4.79 Å². The standard InChI is InChI=1S/C11H22N2O2S/c1-8(11(6,7)15-12-16)13(9(2)14)10(3,4)5/h8H,1-7H3. The van der Waals surface area contributed by atoms with E-state index < -0.39 is 5.60 Å². The van der Waals surface area contributed by atoms with Crippen LogP contribution in [0.3, 0.4) is 0 Å². The molecule has 16 heavy (non-hydrogen) atoms. The van der Waals surface area contributed by atoms with Gasteiger partial charge in [-0.15, -0.1) is 0 Å². The maximum absolute atomic E-state index is 11.7. The molecule has 4 nitrogen and oxygen atoms in total. The summed E-state index contributed by atoms with van der Waals surface area (Å²) in [5, 5.41) is 0. The molecule has 0 N–H and O–H groups in total. The lowest BCUT2D eigenvalue weighted by molar-refractivity contribution is -0.148. The molecule has 5 heteroatoms. The lowest BCUT2D eigenvalue weighted by atomic mass is 9.93. The minimum absolute atomic E-state index is 0.0149. The Kier molecular flexibility index (Phi) is 4.85. The third kappa shape index (κ3) is 3.70. The van der Waals surface area contributed by atoms with Gasteiger partial charge in [0.05, 0.1) is 18.5 Å². The molecule has 1 unspecified atom stereocenters. The van der Waals surface area contributed by atoms with Crippen LogP contribution in [0.15, 0.2) is 4.53 Å². The number of hydrogen-bond acceptors (Lipinski definition) is 4. The highest BCUT2D eigenvalue weighted by Crippen LogP contribution is 2.26. The summed E-state index contributed by atoms with van der Waals surface area (Å²) in [7, 11) is 0. The van der Waals surface area contributed by atoms with Gasteiger partial charge in [0.2, 0.25) is 5.91 Å². The van der Waals surface area contributed by atoms with Gasteiger partial charge < -0.3 is 9.74 Å². The summed E-state index contributed by atoms with van der Waals surface area (Å²) < 4.78 is 3.30. The molecule has 0 aliphatic heterocycles. The Labute approximate surface area is 103 Å². The van der Waals surface area contributed by atoms with E-state index in [-0.39, 0.29) is 17.5 Å². The van der Waals surface area contributed by atoms with Gasteiger partial charge in [-0.25, -0.2) is 0 Å². The van der Waals surface area contributed by atoms with Crippen molar-refractivity contribution < 1.29 is 9.63 Å². The van der Waals surface area contributed by atoms with E-state index in [1.807, 2.05) is 41.5 Å². The van der Waals surface area contributed by atoms with Gasteiger partial charge in [0, 0.05) is 12.5 Å². The van der Waals surface area contributed by atoms with Crippen molar-refractivity contribution in [3.8, 4) is 0 Å². The molecule has 0 aliphatic rings. The second-order valence-corrected chi connectivity index (χ2v) is 5.65. The van der Waals surface area contributed by atoms with Crippen LogP contribution < -0.4 is 0 Å². The summed E-state index contributed by atoms with van der Waals surface area (Å²) in [5.74, 6) is 0.0149. The van der Waals surface area contributed by atoms with Gasteiger partial charge in [-0.05, 0) is 46.1 Å². The molecule has 0 fully saturated rings. The first-order chi connectivity index (χ1) is 7.04. The minimum atomic E-state index is -0.597. The predicted molar refractivity (Wildman–Crippen MR) is 66.7 cm³/mol. The molecular formula is C11H22N2O2S. The summed E-state index contributed by atoms with van der Waals surface area (Å²) in [6.45, 7) is 13.2. The van der Waals surface area contributed by atoms with E-state index in [4.69, 9.17) is 4.84 Å². The van der Waals surface area contributed by atoms with E-state index in [0.29, 0.717) is 0 Å². The maximum Gasteiger partial charge on any atom is 0.220 e. The molecule has 1 atom stereocenters. The van der Waals surface area contributed by atoms with Crippen molar-refractivity contribution in [2.45, 2.75) is 65.6 Å². The molecular weight excluding hydrogens is 224 g/mol. The van der Waals surface area contributed by atoms with Crippen LogP contribution in [-0.4, -0.2) is 28.0 Å². The van der Waals surface area contributed by atoms with Crippen LogP contribution in [0.5, 0.6) is 0 Å². The predicted octanol–water partition coefficient (Wildman–Crippen LogP) is 2.46. The summed E-state index contributed by atoms with van der Waals surface area (Å²) in [6.07, 6.45) is 0. The summed E-state index contributed by atoms with van der Waals surface area (Å²) in [4.78, 5) is 18.6. The average molecular weight is 246 g/mol. The summed E-state index contributed by atoms with van der Waals surface area (Å²) >= 11 is 4.46. The number of carbonyl (C=O) groups excluding carboxylic acids is 1. The fourth-order valence-corrected chi connectivity index (χ4v) is 2.00. The highest BCUT2D eigenvalue weighted by atomic mass is 32.1. The first-order valence-corrected chi connectivity index (χ1v) is 5.71. The van der Waals surface area contributed by atoms with Gasteiger partial charge in [-0.1, -0.05) is 0 Å². The molecule has 0 saturated heterocycles. The zero-order valence-corrected chi connectivity index (χ0v) is 12.0. The highest BCUT2D eigenvalue weighted by Gasteiger charge is 2.39. The van der Waals surface area contributed by atoms with Crippen molar-refractivity contribution in [3.05, 3.63) is 0 Å². The van der Waals surface area contributed by atoms with Crippen LogP contribution in [-0.2, 0) is 22.1 Å². The monoisotopic (exact) mass is 246 g/mol. The molecule has 0 rings (SSSR count).